The average Bonchev–Trinajstić information content (AvgIpc) is 2.87. The van der Waals surface area contributed by atoms with Crippen LogP contribution in [-0.4, -0.2) is 28.3 Å². The number of carbonyl (C=O) groups excluding carboxylic acids is 2. The van der Waals surface area contributed by atoms with Gasteiger partial charge in [0.05, 0.1) is 23.6 Å². The van der Waals surface area contributed by atoms with Gasteiger partial charge in [-0.2, -0.15) is 0 Å². The number of benzene rings is 2. The molecule has 0 aliphatic carbocycles. The molecule has 134 valence electrons. The van der Waals surface area contributed by atoms with Gasteiger partial charge >= 0.3 is 0 Å². The summed E-state index contributed by atoms with van der Waals surface area (Å²) in [6, 6.07) is 10.5. The number of phenols is 1. The Kier molecular flexibility index (Phi) is 5.60. The van der Waals surface area contributed by atoms with E-state index >= 15 is 0 Å². The lowest BCUT2D eigenvalue weighted by Crippen LogP contribution is -2.27. The highest BCUT2D eigenvalue weighted by molar-refractivity contribution is 9.10. The van der Waals surface area contributed by atoms with Gasteiger partial charge in [-0.3, -0.25) is 14.5 Å². The first-order valence-electron chi connectivity index (χ1n) is 7.45. The Balaban J connectivity index is 1.85. The summed E-state index contributed by atoms with van der Waals surface area (Å²) in [4.78, 5) is 26.3. The van der Waals surface area contributed by atoms with E-state index in [-0.39, 0.29) is 39.1 Å². The number of halogens is 2. The van der Waals surface area contributed by atoms with E-state index in [0.717, 1.165) is 21.8 Å². The third-order valence-corrected chi connectivity index (χ3v) is 5.42. The first kappa shape index (κ1) is 18.8. The highest BCUT2D eigenvalue weighted by atomic mass is 79.9. The average molecular weight is 455 g/mol. The molecule has 26 heavy (non-hydrogen) atoms. The van der Waals surface area contributed by atoms with Crippen molar-refractivity contribution in [2.24, 2.45) is 0 Å². The summed E-state index contributed by atoms with van der Waals surface area (Å²) in [6.07, 6.45) is 1.56. The lowest BCUT2D eigenvalue weighted by atomic mass is 10.1. The Morgan fingerprint density at radius 1 is 1.27 bits per heavy atom. The second-order valence-electron chi connectivity index (χ2n) is 5.45. The molecule has 0 radical (unpaired) electrons. The van der Waals surface area contributed by atoms with E-state index < -0.39 is 0 Å². The smallest absolute Gasteiger partial charge is 0.293 e. The summed E-state index contributed by atoms with van der Waals surface area (Å²) in [5, 5.41) is 9.56. The number of thioether (sulfide) groups is 1. The number of nitrogens with zero attached hydrogens (tertiary/aromatic N) is 1. The van der Waals surface area contributed by atoms with E-state index in [2.05, 4.69) is 15.9 Å². The summed E-state index contributed by atoms with van der Waals surface area (Å²) < 4.78 is 5.98. The number of phenolic OH excluding ortho intramolecular Hbond substituents is 1. The van der Waals surface area contributed by atoms with Crippen molar-refractivity contribution in [2.45, 2.75) is 6.54 Å². The van der Waals surface area contributed by atoms with Gasteiger partial charge in [0.15, 0.2) is 11.5 Å². The number of aromatic hydroxyl groups is 1. The van der Waals surface area contributed by atoms with Gasteiger partial charge in [-0.1, -0.05) is 39.7 Å². The Morgan fingerprint density at radius 3 is 2.62 bits per heavy atom. The monoisotopic (exact) mass is 453 g/mol. The number of hydrogen-bond acceptors (Lipinski definition) is 5. The maximum absolute atomic E-state index is 12.6. The van der Waals surface area contributed by atoms with Crippen molar-refractivity contribution in [3.05, 3.63) is 61.9 Å². The van der Waals surface area contributed by atoms with E-state index in [1.54, 1.807) is 12.1 Å². The summed E-state index contributed by atoms with van der Waals surface area (Å²) in [5.74, 6) is -0.349. The van der Waals surface area contributed by atoms with Crippen LogP contribution in [0.25, 0.3) is 6.08 Å². The first-order valence-corrected chi connectivity index (χ1v) is 9.44. The van der Waals surface area contributed by atoms with Gasteiger partial charge in [0.2, 0.25) is 0 Å². The second kappa shape index (κ2) is 7.73. The number of hydrogen-bond donors (Lipinski definition) is 1. The third-order valence-electron chi connectivity index (χ3n) is 3.70. The van der Waals surface area contributed by atoms with Crippen LogP contribution in [0.1, 0.15) is 11.1 Å². The molecule has 0 unspecified atom stereocenters. The fraction of sp³-hybridized carbons (Fsp3) is 0.111. The summed E-state index contributed by atoms with van der Waals surface area (Å²) in [7, 11) is 1.40. The summed E-state index contributed by atoms with van der Waals surface area (Å²) in [6.45, 7) is 0.203. The van der Waals surface area contributed by atoms with Gasteiger partial charge in [-0.05, 0) is 53.2 Å². The highest BCUT2D eigenvalue weighted by Crippen LogP contribution is 2.38. The number of ether oxygens (including phenoxy) is 1. The SMILES string of the molecule is COc1cc(/C=C2\SC(=O)N(Cc3ccc(Br)cc3)C2=O)cc(Cl)c1O. The zero-order valence-electron chi connectivity index (χ0n) is 13.5. The van der Waals surface area contributed by atoms with Crippen molar-refractivity contribution in [3.8, 4) is 11.5 Å². The van der Waals surface area contributed by atoms with Gasteiger partial charge in [-0.15, -0.1) is 0 Å². The van der Waals surface area contributed by atoms with Crippen LogP contribution in [0.5, 0.6) is 11.5 Å². The minimum absolute atomic E-state index is 0.102. The van der Waals surface area contributed by atoms with Crippen molar-refractivity contribution in [1.82, 2.24) is 4.90 Å². The minimum atomic E-state index is -0.369. The van der Waals surface area contributed by atoms with Gasteiger partial charge in [0.1, 0.15) is 0 Å². The van der Waals surface area contributed by atoms with E-state index in [9.17, 15) is 14.7 Å². The molecule has 2 aromatic carbocycles. The van der Waals surface area contributed by atoms with Crippen molar-refractivity contribution >= 4 is 56.5 Å². The molecule has 1 aliphatic rings. The Labute approximate surface area is 167 Å². The molecule has 3 rings (SSSR count). The molecule has 1 saturated heterocycles. The number of rotatable bonds is 4. The number of carbonyl (C=O) groups is 2. The van der Waals surface area contributed by atoms with Crippen LogP contribution in [0.3, 0.4) is 0 Å². The van der Waals surface area contributed by atoms with Crippen LogP contribution < -0.4 is 4.74 Å². The number of methoxy groups -OCH3 is 1. The van der Waals surface area contributed by atoms with Crippen LogP contribution >= 0.6 is 39.3 Å². The highest BCUT2D eigenvalue weighted by Gasteiger charge is 2.35. The van der Waals surface area contributed by atoms with Crippen LogP contribution in [0.15, 0.2) is 45.8 Å². The molecule has 5 nitrogen and oxygen atoms in total. The molecule has 2 amide bonds. The Hall–Kier alpha value is -1.96. The molecule has 0 spiro atoms. The lowest BCUT2D eigenvalue weighted by Gasteiger charge is -2.12. The van der Waals surface area contributed by atoms with E-state index in [4.69, 9.17) is 16.3 Å². The largest absolute Gasteiger partial charge is 0.503 e. The molecular weight excluding hydrogens is 442 g/mol. The normalized spacial score (nSPS) is 15.8. The second-order valence-corrected chi connectivity index (χ2v) is 7.76. The fourth-order valence-electron chi connectivity index (χ4n) is 2.39. The minimum Gasteiger partial charge on any atom is -0.503 e. The molecule has 0 aromatic heterocycles. The fourth-order valence-corrected chi connectivity index (χ4v) is 3.71. The molecule has 1 fully saturated rings. The van der Waals surface area contributed by atoms with Crippen LogP contribution in [0, 0.1) is 0 Å². The Morgan fingerprint density at radius 2 is 1.96 bits per heavy atom. The van der Waals surface area contributed by atoms with Crippen molar-refractivity contribution < 1.29 is 19.4 Å². The summed E-state index contributed by atoms with van der Waals surface area (Å²) in [5.41, 5.74) is 1.41. The molecule has 1 N–H and O–H groups in total. The van der Waals surface area contributed by atoms with Crippen LogP contribution in [0.2, 0.25) is 5.02 Å². The molecule has 0 bridgehead atoms. The number of amides is 2. The standard InChI is InChI=1S/C18H13BrClNO4S/c1-25-14-7-11(6-13(20)16(14)22)8-15-17(23)21(18(24)26-15)9-10-2-4-12(19)5-3-10/h2-8,22H,9H2,1H3/b15-8-. The molecule has 0 atom stereocenters. The first-order chi connectivity index (χ1) is 12.4. The predicted molar refractivity (Wildman–Crippen MR) is 105 cm³/mol. The Bertz CT molecular complexity index is 914. The molecule has 1 aliphatic heterocycles. The van der Waals surface area contributed by atoms with E-state index in [0.29, 0.717) is 5.56 Å². The predicted octanol–water partition coefficient (Wildman–Crippen LogP) is 5.05. The zero-order valence-corrected chi connectivity index (χ0v) is 16.7. The molecule has 8 heteroatoms. The maximum atomic E-state index is 12.6. The van der Waals surface area contributed by atoms with Crippen molar-refractivity contribution in [1.29, 1.82) is 0 Å². The maximum Gasteiger partial charge on any atom is 0.293 e. The number of imide groups is 1. The molecular formula is C18H13BrClNO4S. The van der Waals surface area contributed by atoms with Crippen LogP contribution in [-0.2, 0) is 11.3 Å². The summed E-state index contributed by atoms with van der Waals surface area (Å²) >= 11 is 10.2. The third kappa shape index (κ3) is 3.90. The molecule has 1 heterocycles. The van der Waals surface area contributed by atoms with E-state index in [1.165, 1.54) is 18.1 Å². The quantitative estimate of drug-likeness (QED) is 0.655. The van der Waals surface area contributed by atoms with Crippen molar-refractivity contribution in [2.75, 3.05) is 7.11 Å². The molecule has 0 saturated carbocycles. The van der Waals surface area contributed by atoms with Crippen molar-refractivity contribution in [3.63, 3.8) is 0 Å². The van der Waals surface area contributed by atoms with Crippen LogP contribution in [0.4, 0.5) is 4.79 Å². The molecule has 2 aromatic rings. The zero-order chi connectivity index (χ0) is 18.8. The lowest BCUT2D eigenvalue weighted by molar-refractivity contribution is -0.123. The van der Waals surface area contributed by atoms with E-state index in [1.807, 2.05) is 24.3 Å². The topological polar surface area (TPSA) is 66.8 Å². The van der Waals surface area contributed by atoms with Gasteiger partial charge in [0.25, 0.3) is 11.1 Å². The van der Waals surface area contributed by atoms with Gasteiger partial charge in [0, 0.05) is 4.47 Å². The van der Waals surface area contributed by atoms with Gasteiger partial charge in [-0.25, -0.2) is 0 Å². The van der Waals surface area contributed by atoms with Gasteiger partial charge < -0.3 is 9.84 Å².